The molecule has 5 aromatic rings. The van der Waals surface area contributed by atoms with Gasteiger partial charge in [-0.3, -0.25) is 14.6 Å². The summed E-state index contributed by atoms with van der Waals surface area (Å²) in [4.78, 5) is 38.0. The van der Waals surface area contributed by atoms with Gasteiger partial charge in [0.1, 0.15) is 5.76 Å². The number of aromatic hydroxyl groups is 1. The average Bonchev–Trinajstić information content (AvgIpc) is 3.58. The molecule has 9 heteroatoms. The number of anilines is 2. The highest BCUT2D eigenvalue weighted by atomic mass is 16.3. The smallest absolute Gasteiger partial charge is 0.291 e. The minimum atomic E-state index is -0.392. The summed E-state index contributed by atoms with van der Waals surface area (Å²) in [6.07, 6.45) is 1.63. The topological polar surface area (TPSA) is 114 Å². The first-order chi connectivity index (χ1) is 20.3. The molecule has 1 aliphatic heterocycles. The molecule has 1 fully saturated rings. The number of aliphatic imine (C=N–C) groups is 1. The zero-order valence-electron chi connectivity index (χ0n) is 23.4. The van der Waals surface area contributed by atoms with Gasteiger partial charge in [0.15, 0.2) is 17.4 Å². The number of amides is 1. The fourth-order valence-electron chi connectivity index (χ4n) is 5.08. The van der Waals surface area contributed by atoms with Gasteiger partial charge in [-0.25, -0.2) is 0 Å². The number of aromatic amines is 1. The number of benzene rings is 3. The molecule has 3 N–H and O–H groups in total. The Bertz CT molecular complexity index is 1790. The maximum atomic E-state index is 13.3. The molecule has 2 aromatic heterocycles. The summed E-state index contributed by atoms with van der Waals surface area (Å²) in [5.41, 5.74) is 4.45. The zero-order chi connectivity index (χ0) is 29.2. The first-order valence-electron chi connectivity index (χ1n) is 13.8. The van der Waals surface area contributed by atoms with Gasteiger partial charge in [0.25, 0.3) is 5.91 Å². The van der Waals surface area contributed by atoms with E-state index in [1.54, 1.807) is 67.7 Å². The zero-order valence-corrected chi connectivity index (χ0v) is 23.4. The summed E-state index contributed by atoms with van der Waals surface area (Å²) in [6.45, 7) is 5.86. The standard InChI is InChI=1S/C33H31N5O4/c1-21-6-13-30(42-21)33(41)35-25-5-3-4-22(18-25)31(39)23-7-12-27-28(32(40)36-29(27)19-23)20-34-24-8-10-26(11-9-24)38-16-14-37(2)15-17-38/h3-13,18-20,36,40H,14-17H2,1-2H3,(H,35,41). The van der Waals surface area contributed by atoms with Crippen LogP contribution in [0.2, 0.25) is 0 Å². The number of carbonyl (C=O) groups is 2. The van der Waals surface area contributed by atoms with E-state index in [9.17, 15) is 14.7 Å². The Morgan fingerprint density at radius 1 is 0.952 bits per heavy atom. The Kier molecular flexibility index (Phi) is 7.33. The van der Waals surface area contributed by atoms with Crippen molar-refractivity contribution in [1.82, 2.24) is 9.88 Å². The van der Waals surface area contributed by atoms with E-state index in [1.165, 1.54) is 5.69 Å². The van der Waals surface area contributed by atoms with E-state index < -0.39 is 5.91 Å². The summed E-state index contributed by atoms with van der Waals surface area (Å²) in [5.74, 6) is 0.205. The summed E-state index contributed by atoms with van der Waals surface area (Å²) in [6, 6.07) is 23.4. The van der Waals surface area contributed by atoms with Crippen LogP contribution in [0.15, 0.2) is 88.3 Å². The molecule has 9 nitrogen and oxygen atoms in total. The van der Waals surface area contributed by atoms with Crippen LogP contribution in [0, 0.1) is 6.92 Å². The molecule has 1 saturated heterocycles. The molecule has 1 amide bonds. The molecule has 3 heterocycles. The van der Waals surface area contributed by atoms with E-state index in [0.29, 0.717) is 33.7 Å². The van der Waals surface area contributed by atoms with Crippen LogP contribution in [-0.4, -0.2) is 66.1 Å². The molecule has 212 valence electrons. The van der Waals surface area contributed by atoms with Crippen molar-refractivity contribution in [3.05, 3.63) is 107 Å². The summed E-state index contributed by atoms with van der Waals surface area (Å²) in [7, 11) is 2.14. The van der Waals surface area contributed by atoms with E-state index in [2.05, 4.69) is 44.3 Å². The SMILES string of the molecule is Cc1ccc(C(=O)Nc2cccc(C(=O)c3ccc4c(C=Nc5ccc(N6CCN(C)CC6)cc5)c(O)[nH]c4c3)c2)o1. The lowest BCUT2D eigenvalue weighted by molar-refractivity contribution is 0.0993. The number of nitrogens with zero attached hydrogens (tertiary/aromatic N) is 3. The number of aryl methyl sites for hydroxylation is 1. The third kappa shape index (κ3) is 5.68. The molecule has 0 bridgehead atoms. The first kappa shape index (κ1) is 27.0. The third-order valence-corrected chi connectivity index (χ3v) is 7.49. The quantitative estimate of drug-likeness (QED) is 0.172. The number of carbonyl (C=O) groups excluding carboxylic acids is 2. The van der Waals surface area contributed by atoms with Crippen LogP contribution in [0.3, 0.4) is 0 Å². The fourth-order valence-corrected chi connectivity index (χ4v) is 5.08. The molecule has 6 rings (SSSR count). The van der Waals surface area contributed by atoms with Crippen LogP contribution >= 0.6 is 0 Å². The van der Waals surface area contributed by atoms with Gasteiger partial charge in [-0.2, -0.15) is 0 Å². The molecule has 1 aliphatic rings. The monoisotopic (exact) mass is 561 g/mol. The molecule has 0 unspecified atom stereocenters. The average molecular weight is 562 g/mol. The van der Waals surface area contributed by atoms with Gasteiger partial charge in [-0.1, -0.05) is 24.3 Å². The molecule has 0 radical (unpaired) electrons. The minimum Gasteiger partial charge on any atom is -0.494 e. The Labute approximate surface area is 243 Å². The number of fused-ring (bicyclic) bond motifs is 1. The van der Waals surface area contributed by atoms with Gasteiger partial charge in [0, 0.05) is 65.8 Å². The van der Waals surface area contributed by atoms with Gasteiger partial charge in [0.2, 0.25) is 0 Å². The lowest BCUT2D eigenvalue weighted by Gasteiger charge is -2.34. The van der Waals surface area contributed by atoms with Crippen LogP contribution in [0.4, 0.5) is 17.1 Å². The predicted molar refractivity (Wildman–Crippen MR) is 165 cm³/mol. The van der Waals surface area contributed by atoms with Crippen LogP contribution in [0.1, 0.15) is 37.8 Å². The predicted octanol–water partition coefficient (Wildman–Crippen LogP) is 5.76. The van der Waals surface area contributed by atoms with Crippen LogP contribution in [-0.2, 0) is 0 Å². The largest absolute Gasteiger partial charge is 0.494 e. The van der Waals surface area contributed by atoms with E-state index in [-0.39, 0.29) is 17.4 Å². The molecule has 3 aromatic carbocycles. The van der Waals surface area contributed by atoms with Crippen LogP contribution in [0.5, 0.6) is 5.88 Å². The van der Waals surface area contributed by atoms with Crippen molar-refractivity contribution in [3.8, 4) is 5.88 Å². The maximum absolute atomic E-state index is 13.3. The molecule has 0 saturated carbocycles. The molecule has 0 atom stereocenters. The van der Waals surface area contributed by atoms with Crippen molar-refractivity contribution >= 4 is 45.9 Å². The van der Waals surface area contributed by atoms with E-state index in [4.69, 9.17) is 4.42 Å². The number of likely N-dealkylation sites (N-methyl/N-ethyl adjacent to an activating group) is 1. The van der Waals surface area contributed by atoms with Gasteiger partial charge in [-0.05, 0) is 68.6 Å². The Balaban J connectivity index is 1.17. The Morgan fingerprint density at radius 2 is 1.71 bits per heavy atom. The highest BCUT2D eigenvalue weighted by Crippen LogP contribution is 2.29. The molecule has 42 heavy (non-hydrogen) atoms. The minimum absolute atomic E-state index is 0.0229. The summed E-state index contributed by atoms with van der Waals surface area (Å²) >= 11 is 0. The van der Waals surface area contributed by atoms with E-state index in [0.717, 1.165) is 37.3 Å². The van der Waals surface area contributed by atoms with Crippen molar-refractivity contribution in [2.75, 3.05) is 43.4 Å². The van der Waals surface area contributed by atoms with Crippen molar-refractivity contribution in [3.63, 3.8) is 0 Å². The van der Waals surface area contributed by atoms with Crippen molar-refractivity contribution in [2.24, 2.45) is 4.99 Å². The third-order valence-electron chi connectivity index (χ3n) is 7.49. The van der Waals surface area contributed by atoms with Crippen LogP contribution in [0.25, 0.3) is 10.9 Å². The number of hydrogen-bond acceptors (Lipinski definition) is 7. The number of nitrogens with one attached hydrogen (secondary N) is 2. The number of furan rings is 1. The summed E-state index contributed by atoms with van der Waals surface area (Å²) < 4.78 is 5.37. The van der Waals surface area contributed by atoms with Crippen molar-refractivity contribution < 1.29 is 19.1 Å². The second-order valence-electron chi connectivity index (χ2n) is 10.5. The van der Waals surface area contributed by atoms with Gasteiger partial charge in [-0.15, -0.1) is 0 Å². The van der Waals surface area contributed by atoms with Crippen LogP contribution < -0.4 is 10.2 Å². The fraction of sp³-hybridized carbons (Fsp3) is 0.182. The normalized spacial score (nSPS) is 14.1. The Hall–Kier alpha value is -5.15. The second kappa shape index (κ2) is 11.4. The number of piperazine rings is 1. The van der Waals surface area contributed by atoms with Gasteiger partial charge in [0.05, 0.1) is 11.3 Å². The molecule has 0 spiro atoms. The second-order valence-corrected chi connectivity index (χ2v) is 10.5. The van der Waals surface area contributed by atoms with Crippen molar-refractivity contribution in [1.29, 1.82) is 0 Å². The maximum Gasteiger partial charge on any atom is 0.291 e. The highest BCUT2D eigenvalue weighted by Gasteiger charge is 2.17. The number of hydrogen-bond donors (Lipinski definition) is 3. The molecular weight excluding hydrogens is 530 g/mol. The first-order valence-corrected chi connectivity index (χ1v) is 13.8. The lowest BCUT2D eigenvalue weighted by atomic mass is 10.0. The Morgan fingerprint density at radius 3 is 2.45 bits per heavy atom. The number of rotatable bonds is 7. The summed E-state index contributed by atoms with van der Waals surface area (Å²) in [5, 5.41) is 14.1. The lowest BCUT2D eigenvalue weighted by Crippen LogP contribution is -2.44. The van der Waals surface area contributed by atoms with Crippen molar-refractivity contribution in [2.45, 2.75) is 6.92 Å². The van der Waals surface area contributed by atoms with Gasteiger partial charge < -0.3 is 29.6 Å². The van der Waals surface area contributed by atoms with Gasteiger partial charge >= 0.3 is 0 Å². The van der Waals surface area contributed by atoms with E-state index in [1.807, 2.05) is 12.1 Å². The van der Waals surface area contributed by atoms with E-state index >= 15 is 0 Å². The number of ketones is 1. The molecule has 0 aliphatic carbocycles. The highest BCUT2D eigenvalue weighted by molar-refractivity contribution is 6.13. The number of aromatic nitrogens is 1. The molecular formula is C33H31N5O4. The number of H-pyrrole nitrogens is 1.